The van der Waals surface area contributed by atoms with Crippen LogP contribution < -0.4 is 10.3 Å². The molecule has 45 heavy (non-hydrogen) atoms. The van der Waals surface area contributed by atoms with Gasteiger partial charge >= 0.3 is 6.09 Å². The Morgan fingerprint density at radius 3 is 2.36 bits per heavy atom. The van der Waals surface area contributed by atoms with E-state index in [1.165, 1.54) is 18.2 Å². The lowest BCUT2D eigenvalue weighted by Gasteiger charge is -2.45. The number of carbonyl (C=O) groups is 4. The van der Waals surface area contributed by atoms with Crippen LogP contribution in [-0.2, 0) is 27.4 Å². The van der Waals surface area contributed by atoms with E-state index in [9.17, 15) is 24.3 Å². The molecule has 244 valence electrons. The molecule has 1 saturated heterocycles. The van der Waals surface area contributed by atoms with Crippen LogP contribution in [0.1, 0.15) is 56.1 Å². The molecule has 0 bridgehead atoms. The molecule has 13 heteroatoms. The molecule has 2 unspecified atom stereocenters. The fourth-order valence-electron chi connectivity index (χ4n) is 5.90. The predicted molar refractivity (Wildman–Crippen MR) is 180 cm³/mol. The normalized spacial score (nSPS) is 20.4. The molecule has 2 aromatic rings. The first-order valence-electron chi connectivity index (χ1n) is 15.4. The number of halogens is 2. The molecule has 2 aliphatic rings. The lowest BCUT2D eigenvalue weighted by Crippen LogP contribution is -2.59. The topological polar surface area (TPSA) is 125 Å². The Morgan fingerprint density at radius 2 is 1.69 bits per heavy atom. The number of nitrogens with one attached hydrogen (secondary N) is 2. The second kappa shape index (κ2) is 17.3. The van der Waals surface area contributed by atoms with E-state index >= 15 is 0 Å². The predicted octanol–water partition coefficient (Wildman–Crippen LogP) is 6.44. The fourth-order valence-corrected chi connectivity index (χ4v) is 9.36. The van der Waals surface area contributed by atoms with Gasteiger partial charge in [-0.1, -0.05) is 79.6 Å². The van der Waals surface area contributed by atoms with Gasteiger partial charge in [0.1, 0.15) is 6.61 Å². The van der Waals surface area contributed by atoms with Gasteiger partial charge in [-0.3, -0.25) is 14.4 Å². The minimum absolute atomic E-state index is 0.0431. The monoisotopic (exact) mass is 693 g/mol. The van der Waals surface area contributed by atoms with Crippen LogP contribution in [-0.4, -0.2) is 66.7 Å². The summed E-state index contributed by atoms with van der Waals surface area (Å²) in [5.41, 5.74) is 0.727. The lowest BCUT2D eigenvalue weighted by molar-refractivity contribution is -0.129. The summed E-state index contributed by atoms with van der Waals surface area (Å²) in [6.45, 7) is 0.545. The second-order valence-electron chi connectivity index (χ2n) is 11.9. The first-order valence-corrected chi connectivity index (χ1v) is 19.1. The van der Waals surface area contributed by atoms with Crippen molar-refractivity contribution in [3.63, 3.8) is 0 Å². The second-order valence-corrected chi connectivity index (χ2v) is 16.5. The van der Waals surface area contributed by atoms with Gasteiger partial charge in [-0.15, -0.1) is 11.8 Å². The zero-order valence-corrected chi connectivity index (χ0v) is 28.9. The molecule has 1 heterocycles. The number of carbonyl (C=O) groups excluding carboxylic acids is 3. The summed E-state index contributed by atoms with van der Waals surface area (Å²) in [7, 11) is -1.15. The summed E-state index contributed by atoms with van der Waals surface area (Å²) in [6.07, 6.45) is 6.55. The fraction of sp³-hybridized carbons (Fsp3) is 0.500. The van der Waals surface area contributed by atoms with Crippen molar-refractivity contribution < 1.29 is 29.0 Å². The van der Waals surface area contributed by atoms with E-state index in [1.54, 1.807) is 36.2 Å². The maximum absolute atomic E-state index is 13.4. The zero-order chi connectivity index (χ0) is 32.3. The van der Waals surface area contributed by atoms with Crippen molar-refractivity contribution in [1.29, 1.82) is 0 Å². The van der Waals surface area contributed by atoms with E-state index in [2.05, 4.69) is 10.3 Å². The summed E-state index contributed by atoms with van der Waals surface area (Å²) < 4.78 is 5.41. The minimum Gasteiger partial charge on any atom is -0.484 e. The SMILES string of the molecule is CN(CCc1cccc(Cl)c1)C(=O)CC[Si@H](NC(=O)C1SC(NC(=O)OCc2cccc(Cl)c2)[C@H]1CC1CCCCC1)C(=O)O. The third kappa shape index (κ3) is 10.9. The van der Waals surface area contributed by atoms with E-state index < -0.39 is 25.9 Å². The van der Waals surface area contributed by atoms with Gasteiger partial charge in [0, 0.05) is 36.0 Å². The Labute approximate surface area is 280 Å². The number of alkyl carbamates (subject to hydrolysis) is 1. The van der Waals surface area contributed by atoms with E-state index in [0.717, 1.165) is 43.2 Å². The quantitative estimate of drug-likeness (QED) is 0.195. The molecule has 9 nitrogen and oxygen atoms in total. The van der Waals surface area contributed by atoms with Crippen LogP contribution >= 0.6 is 35.0 Å². The molecule has 1 aliphatic carbocycles. The van der Waals surface area contributed by atoms with Crippen LogP contribution in [0.25, 0.3) is 0 Å². The Balaban J connectivity index is 1.29. The summed E-state index contributed by atoms with van der Waals surface area (Å²) in [5.74, 6) is -0.176. The Morgan fingerprint density at radius 1 is 1.02 bits per heavy atom. The van der Waals surface area contributed by atoms with Crippen molar-refractivity contribution in [2.24, 2.45) is 11.8 Å². The molecule has 1 saturated carbocycles. The van der Waals surface area contributed by atoms with Gasteiger partial charge in [0.25, 0.3) is 14.6 Å². The van der Waals surface area contributed by atoms with E-state index in [-0.39, 0.29) is 42.2 Å². The van der Waals surface area contributed by atoms with Gasteiger partial charge in [-0.2, -0.15) is 0 Å². The number of thioether (sulfide) groups is 1. The molecule has 4 rings (SSSR count). The average molecular weight is 695 g/mol. The smallest absolute Gasteiger partial charge is 0.408 e. The Hall–Kier alpha value is -2.73. The highest BCUT2D eigenvalue weighted by Gasteiger charge is 2.48. The first kappa shape index (κ1) is 35.1. The number of ether oxygens (including phenoxy) is 1. The van der Waals surface area contributed by atoms with Gasteiger partial charge in [0.15, 0.2) is 0 Å². The van der Waals surface area contributed by atoms with Crippen molar-refractivity contribution >= 4 is 67.4 Å². The van der Waals surface area contributed by atoms with Crippen molar-refractivity contribution in [2.75, 3.05) is 13.6 Å². The molecule has 3 N–H and O–H groups in total. The molecule has 1 aliphatic heterocycles. The molecule has 3 amide bonds. The lowest BCUT2D eigenvalue weighted by atomic mass is 9.81. The number of likely N-dealkylation sites (N-methyl/N-ethyl adjacent to an activating group) is 1. The third-order valence-corrected chi connectivity index (χ3v) is 12.7. The van der Waals surface area contributed by atoms with E-state index in [0.29, 0.717) is 28.9 Å². The van der Waals surface area contributed by atoms with Gasteiger partial charge in [-0.25, -0.2) is 4.79 Å². The van der Waals surface area contributed by atoms with Crippen LogP contribution in [0, 0.1) is 11.8 Å². The van der Waals surface area contributed by atoms with E-state index in [4.69, 9.17) is 27.9 Å². The third-order valence-electron chi connectivity index (χ3n) is 8.49. The van der Waals surface area contributed by atoms with E-state index in [1.807, 2.05) is 24.3 Å². The van der Waals surface area contributed by atoms with Gasteiger partial charge in [0.05, 0.1) is 10.6 Å². The largest absolute Gasteiger partial charge is 0.484 e. The number of benzene rings is 2. The van der Waals surface area contributed by atoms with Crippen molar-refractivity contribution in [1.82, 2.24) is 15.2 Å². The summed E-state index contributed by atoms with van der Waals surface area (Å²) in [4.78, 5) is 55.3. The van der Waals surface area contributed by atoms with Crippen LogP contribution in [0.3, 0.4) is 0 Å². The number of hydrogen-bond donors (Lipinski definition) is 3. The Kier molecular flexibility index (Phi) is 13.5. The molecule has 0 radical (unpaired) electrons. The van der Waals surface area contributed by atoms with Crippen molar-refractivity contribution in [2.45, 2.75) is 74.6 Å². The number of hydrogen-bond acceptors (Lipinski definition) is 6. The summed E-state index contributed by atoms with van der Waals surface area (Å²) >= 11 is 13.4. The number of amides is 3. The molecule has 4 atom stereocenters. The molecule has 2 fully saturated rings. The standard InChI is InChI=1S/C32H41Cl2N3O6SSi/c1-37(15-13-22-9-5-11-24(33)17-22)27(38)14-16-45(32(41)42)36-29(39)28-26(19-21-7-3-2-4-8-21)30(44-28)35-31(40)43-20-23-10-6-12-25(34)18-23/h5-6,9-12,17-18,21,26,28,30,45H,2-4,7-8,13-16,19-20H2,1H3,(H,35,40)(H,36,39)(H,41,42)/t26-,28?,30?,45-/m0/s1. The van der Waals surface area contributed by atoms with Crippen molar-refractivity contribution in [3.8, 4) is 0 Å². The maximum atomic E-state index is 13.4. The molecule has 0 spiro atoms. The van der Waals surface area contributed by atoms with Crippen LogP contribution in [0.5, 0.6) is 0 Å². The molecule has 2 aromatic carbocycles. The number of nitrogens with zero attached hydrogens (tertiary/aromatic N) is 1. The van der Waals surface area contributed by atoms with Gasteiger partial charge in [0.2, 0.25) is 11.8 Å². The highest BCUT2D eigenvalue weighted by molar-refractivity contribution is 8.02. The first-order chi connectivity index (χ1) is 21.6. The zero-order valence-electron chi connectivity index (χ0n) is 25.4. The molecular formula is C32H41Cl2N3O6SSi. The average Bonchev–Trinajstić information content (AvgIpc) is 3.01. The molecular weight excluding hydrogens is 653 g/mol. The minimum atomic E-state index is -2.84. The number of carboxylic acid groups (broad SMARTS) is 1. The van der Waals surface area contributed by atoms with Crippen LogP contribution in [0.15, 0.2) is 48.5 Å². The highest BCUT2D eigenvalue weighted by Crippen LogP contribution is 2.46. The van der Waals surface area contributed by atoms with Gasteiger partial charge in [-0.05, 0) is 60.2 Å². The van der Waals surface area contributed by atoms with Crippen LogP contribution in [0.4, 0.5) is 9.59 Å². The van der Waals surface area contributed by atoms with Gasteiger partial charge < -0.3 is 25.0 Å². The maximum Gasteiger partial charge on any atom is 0.408 e. The van der Waals surface area contributed by atoms with Crippen molar-refractivity contribution in [3.05, 3.63) is 69.7 Å². The summed E-state index contributed by atoms with van der Waals surface area (Å²) in [6, 6.07) is 14.6. The Bertz CT molecular complexity index is 1350. The highest BCUT2D eigenvalue weighted by atomic mass is 35.5. The number of rotatable bonds is 14. The summed E-state index contributed by atoms with van der Waals surface area (Å²) in [5, 5.41) is 13.2. The molecule has 0 aromatic heterocycles. The van der Waals surface area contributed by atoms with Crippen LogP contribution in [0.2, 0.25) is 16.1 Å².